The number of fused-ring (bicyclic) bond motifs is 1. The van der Waals surface area contributed by atoms with Gasteiger partial charge in [-0.25, -0.2) is 4.79 Å². The lowest BCUT2D eigenvalue weighted by Crippen LogP contribution is -1.94. The third-order valence-corrected chi connectivity index (χ3v) is 2.42. The molecule has 16 heavy (non-hydrogen) atoms. The molecule has 0 bridgehead atoms. The summed E-state index contributed by atoms with van der Waals surface area (Å²) in [6, 6.07) is 4.12. The molecule has 0 aliphatic heterocycles. The van der Waals surface area contributed by atoms with Crippen LogP contribution in [0, 0.1) is 10.1 Å². The van der Waals surface area contributed by atoms with E-state index in [1.54, 1.807) is 11.6 Å². The number of hydrogen-bond acceptors (Lipinski definition) is 3. The minimum Gasteiger partial charge on any atom is -0.478 e. The highest BCUT2D eigenvalue weighted by Crippen LogP contribution is 2.24. The third kappa shape index (κ3) is 1.40. The van der Waals surface area contributed by atoms with E-state index in [4.69, 9.17) is 5.11 Å². The molecule has 82 valence electrons. The second-order valence-electron chi connectivity index (χ2n) is 3.42. The Morgan fingerprint density at radius 1 is 1.50 bits per heavy atom. The van der Waals surface area contributed by atoms with Crippen molar-refractivity contribution in [1.82, 2.24) is 4.57 Å². The summed E-state index contributed by atoms with van der Waals surface area (Å²) >= 11 is 0. The van der Waals surface area contributed by atoms with Crippen LogP contribution in [0.3, 0.4) is 0 Å². The molecule has 1 aromatic carbocycles. The van der Waals surface area contributed by atoms with Gasteiger partial charge in [-0.1, -0.05) is 0 Å². The van der Waals surface area contributed by atoms with Gasteiger partial charge in [0.05, 0.1) is 16.0 Å². The molecule has 1 heterocycles. The van der Waals surface area contributed by atoms with Gasteiger partial charge in [-0.2, -0.15) is 0 Å². The molecule has 0 radical (unpaired) electrons. The first-order valence-corrected chi connectivity index (χ1v) is 4.47. The number of nitro benzene ring substituents is 1. The van der Waals surface area contributed by atoms with E-state index in [9.17, 15) is 14.9 Å². The lowest BCUT2D eigenvalue weighted by Gasteiger charge is -1.95. The minimum atomic E-state index is -1.04. The summed E-state index contributed by atoms with van der Waals surface area (Å²) in [6.07, 6.45) is 1.44. The minimum absolute atomic E-state index is 0.0503. The molecule has 0 spiro atoms. The number of aryl methyl sites for hydroxylation is 1. The van der Waals surface area contributed by atoms with E-state index in [0.29, 0.717) is 10.9 Å². The maximum atomic E-state index is 10.9. The summed E-state index contributed by atoms with van der Waals surface area (Å²) in [6.45, 7) is 0. The topological polar surface area (TPSA) is 85.4 Å². The van der Waals surface area contributed by atoms with Crippen LogP contribution in [0.1, 0.15) is 10.4 Å². The molecule has 0 unspecified atom stereocenters. The fraction of sp³-hybridized carbons (Fsp3) is 0.100. The molecule has 2 rings (SSSR count). The molecular weight excluding hydrogens is 212 g/mol. The zero-order valence-corrected chi connectivity index (χ0v) is 8.38. The molecule has 0 fully saturated rings. The zero-order chi connectivity index (χ0) is 11.9. The number of non-ortho nitro benzene ring substituents is 1. The SMILES string of the molecule is Cn1cc(C(=O)O)c2ccc([N+](=O)[O-])cc21. The van der Waals surface area contributed by atoms with Crippen molar-refractivity contribution in [3.63, 3.8) is 0 Å². The first-order chi connectivity index (χ1) is 7.50. The molecule has 2 aromatic rings. The van der Waals surface area contributed by atoms with Gasteiger partial charge < -0.3 is 9.67 Å². The van der Waals surface area contributed by atoms with Crippen LogP contribution in [-0.4, -0.2) is 20.6 Å². The molecule has 0 atom stereocenters. The summed E-state index contributed by atoms with van der Waals surface area (Å²) in [5, 5.41) is 20.0. The highest BCUT2D eigenvalue weighted by Gasteiger charge is 2.15. The van der Waals surface area contributed by atoms with Crippen molar-refractivity contribution in [3.05, 3.63) is 40.1 Å². The van der Waals surface area contributed by atoms with Gasteiger partial charge in [0.15, 0.2) is 0 Å². The van der Waals surface area contributed by atoms with E-state index < -0.39 is 10.9 Å². The van der Waals surface area contributed by atoms with E-state index in [-0.39, 0.29) is 11.3 Å². The maximum Gasteiger partial charge on any atom is 0.337 e. The summed E-state index contributed by atoms with van der Waals surface area (Å²) in [4.78, 5) is 21.0. The summed E-state index contributed by atoms with van der Waals surface area (Å²) in [5.41, 5.74) is 0.629. The lowest BCUT2D eigenvalue weighted by molar-refractivity contribution is -0.384. The maximum absolute atomic E-state index is 10.9. The second kappa shape index (κ2) is 3.34. The largest absolute Gasteiger partial charge is 0.478 e. The Hall–Kier alpha value is -2.37. The highest BCUT2D eigenvalue weighted by atomic mass is 16.6. The van der Waals surface area contributed by atoms with Gasteiger partial charge in [-0.3, -0.25) is 10.1 Å². The number of benzene rings is 1. The quantitative estimate of drug-likeness (QED) is 0.617. The van der Waals surface area contributed by atoms with E-state index >= 15 is 0 Å². The number of carbonyl (C=O) groups is 1. The molecule has 0 aliphatic carbocycles. The Labute approximate surface area is 89.9 Å². The number of hydrogen-bond donors (Lipinski definition) is 1. The van der Waals surface area contributed by atoms with Crippen molar-refractivity contribution in [2.24, 2.45) is 7.05 Å². The average Bonchev–Trinajstić information content (AvgIpc) is 2.56. The van der Waals surface area contributed by atoms with Crippen molar-refractivity contribution in [3.8, 4) is 0 Å². The first-order valence-electron chi connectivity index (χ1n) is 4.47. The van der Waals surface area contributed by atoms with Crippen LogP contribution < -0.4 is 0 Å². The predicted octanol–water partition coefficient (Wildman–Crippen LogP) is 1.78. The average molecular weight is 220 g/mol. The normalized spacial score (nSPS) is 10.6. The van der Waals surface area contributed by atoms with E-state index in [0.717, 1.165) is 0 Å². The van der Waals surface area contributed by atoms with Crippen molar-refractivity contribution >= 4 is 22.6 Å². The number of carboxylic acid groups (broad SMARTS) is 1. The van der Waals surface area contributed by atoms with Gasteiger partial charge in [0.1, 0.15) is 0 Å². The van der Waals surface area contributed by atoms with Crippen molar-refractivity contribution in [2.45, 2.75) is 0 Å². The number of nitro groups is 1. The van der Waals surface area contributed by atoms with Crippen molar-refractivity contribution in [1.29, 1.82) is 0 Å². The number of rotatable bonds is 2. The Balaban J connectivity index is 2.76. The van der Waals surface area contributed by atoms with Gasteiger partial charge >= 0.3 is 5.97 Å². The Morgan fingerprint density at radius 3 is 2.75 bits per heavy atom. The van der Waals surface area contributed by atoms with Gasteiger partial charge in [-0.05, 0) is 6.07 Å². The smallest absolute Gasteiger partial charge is 0.337 e. The lowest BCUT2D eigenvalue weighted by atomic mass is 10.1. The van der Waals surface area contributed by atoms with Crippen LogP contribution in [-0.2, 0) is 7.05 Å². The highest BCUT2D eigenvalue weighted by molar-refractivity contribution is 6.03. The molecule has 1 N–H and O–H groups in total. The molecular formula is C10H8N2O4. The Bertz CT molecular complexity index is 600. The number of aromatic nitrogens is 1. The van der Waals surface area contributed by atoms with Crippen LogP contribution in [0.4, 0.5) is 5.69 Å². The number of nitrogens with zero attached hydrogens (tertiary/aromatic N) is 2. The van der Waals surface area contributed by atoms with Crippen molar-refractivity contribution < 1.29 is 14.8 Å². The molecule has 1 aromatic heterocycles. The fourth-order valence-electron chi connectivity index (χ4n) is 1.66. The van der Waals surface area contributed by atoms with Crippen LogP contribution in [0.5, 0.6) is 0 Å². The van der Waals surface area contributed by atoms with Gasteiger partial charge in [0.2, 0.25) is 0 Å². The standard InChI is InChI=1S/C10H8N2O4/c1-11-5-8(10(13)14)7-3-2-6(12(15)16)4-9(7)11/h2-5H,1H3,(H,13,14). The Morgan fingerprint density at radius 2 is 2.19 bits per heavy atom. The molecule has 0 saturated carbocycles. The molecule has 0 aliphatic rings. The summed E-state index contributed by atoms with van der Waals surface area (Å²) in [5.74, 6) is -1.04. The van der Waals surface area contributed by atoms with E-state index in [1.807, 2.05) is 0 Å². The van der Waals surface area contributed by atoms with Crippen LogP contribution in [0.2, 0.25) is 0 Å². The van der Waals surface area contributed by atoms with Gasteiger partial charge in [-0.15, -0.1) is 0 Å². The molecule has 0 saturated heterocycles. The van der Waals surface area contributed by atoms with Gasteiger partial charge in [0.25, 0.3) is 5.69 Å². The van der Waals surface area contributed by atoms with Crippen LogP contribution in [0.25, 0.3) is 10.9 Å². The fourth-order valence-corrected chi connectivity index (χ4v) is 1.66. The van der Waals surface area contributed by atoms with Gasteiger partial charge in [0, 0.05) is 30.8 Å². The summed E-state index contributed by atoms with van der Waals surface area (Å²) in [7, 11) is 1.65. The summed E-state index contributed by atoms with van der Waals surface area (Å²) < 4.78 is 1.56. The zero-order valence-electron chi connectivity index (χ0n) is 8.38. The van der Waals surface area contributed by atoms with Crippen molar-refractivity contribution in [2.75, 3.05) is 0 Å². The van der Waals surface area contributed by atoms with E-state index in [2.05, 4.69) is 0 Å². The monoisotopic (exact) mass is 220 g/mol. The molecule has 6 nitrogen and oxygen atoms in total. The predicted molar refractivity (Wildman–Crippen MR) is 56.5 cm³/mol. The number of carboxylic acids is 1. The molecule has 0 amide bonds. The second-order valence-corrected chi connectivity index (χ2v) is 3.42. The third-order valence-electron chi connectivity index (χ3n) is 2.42. The molecule has 6 heteroatoms. The van der Waals surface area contributed by atoms with Crippen LogP contribution in [0.15, 0.2) is 24.4 Å². The Kier molecular flexibility index (Phi) is 2.12. The first kappa shape index (κ1) is 10.2. The number of aromatic carboxylic acids is 1. The van der Waals surface area contributed by atoms with E-state index in [1.165, 1.54) is 24.4 Å². The van der Waals surface area contributed by atoms with Crippen LogP contribution >= 0.6 is 0 Å².